The highest BCUT2D eigenvalue weighted by molar-refractivity contribution is 6.33. The smallest absolute Gasteiger partial charge is 0.354 e. The topological polar surface area (TPSA) is 169 Å². The summed E-state index contributed by atoms with van der Waals surface area (Å²) < 4.78 is 71.9. The SMILES string of the molecule is CC(C)C[C@@H]1NC(=O)[C@@H](N(C)C(=O)[C@H](C)NC(=O)[C@@H]2C[C@@H](F)CN2C(=O)C2(C(F)(F)F)CCC2)CCCCNC(=O)[C@H]2C[C@@H](F)CN2C(=O)[C@H](Cc2cc(Cl)ccc2Cl)N(C)C1=O. The summed E-state index contributed by atoms with van der Waals surface area (Å²) in [6.07, 6.45) is -9.49. The van der Waals surface area contributed by atoms with Crippen LogP contribution in [-0.2, 0) is 40.0 Å². The maximum atomic E-state index is 15.0. The summed E-state index contributed by atoms with van der Waals surface area (Å²) in [5.41, 5.74) is -2.32. The van der Waals surface area contributed by atoms with Gasteiger partial charge in [-0.25, -0.2) is 8.78 Å². The highest BCUT2D eigenvalue weighted by atomic mass is 35.5. The lowest BCUT2D eigenvalue weighted by Crippen LogP contribution is -2.61. The summed E-state index contributed by atoms with van der Waals surface area (Å²) >= 11 is 12.8. The van der Waals surface area contributed by atoms with Gasteiger partial charge < -0.3 is 35.6 Å². The molecule has 0 aromatic heterocycles. The number of carbonyl (C=O) groups excluding carboxylic acids is 7. The van der Waals surface area contributed by atoms with Gasteiger partial charge in [0.2, 0.25) is 41.4 Å². The maximum absolute atomic E-state index is 15.0. The van der Waals surface area contributed by atoms with Crippen molar-refractivity contribution in [3.8, 4) is 0 Å². The second kappa shape index (κ2) is 20.3. The number of hydrogen-bond acceptors (Lipinski definition) is 7. The Bertz CT molecular complexity index is 1920. The van der Waals surface area contributed by atoms with Crippen molar-refractivity contribution < 1.29 is 55.5 Å². The summed E-state index contributed by atoms with van der Waals surface area (Å²) in [6.45, 7) is 3.83. The van der Waals surface area contributed by atoms with Gasteiger partial charge >= 0.3 is 6.18 Å². The molecule has 3 saturated heterocycles. The molecule has 5 rings (SSSR count). The Balaban J connectivity index is 1.40. The number of hydrogen-bond donors (Lipinski definition) is 3. The Morgan fingerprint density at radius 3 is 2.24 bits per heavy atom. The third kappa shape index (κ3) is 11.0. The lowest BCUT2D eigenvalue weighted by molar-refractivity contribution is -0.248. The molecule has 1 aliphatic carbocycles. The van der Waals surface area contributed by atoms with E-state index in [1.165, 1.54) is 39.2 Å². The van der Waals surface area contributed by atoms with Crippen molar-refractivity contribution in [1.82, 2.24) is 35.6 Å². The number of fused-ring (bicyclic) bond motifs is 1. The lowest BCUT2D eigenvalue weighted by Gasteiger charge is -2.44. The molecule has 7 amide bonds. The van der Waals surface area contributed by atoms with Gasteiger partial charge in [-0.2, -0.15) is 13.2 Å². The summed E-state index contributed by atoms with van der Waals surface area (Å²) in [7, 11) is 2.64. The standard InChI is InChI=1S/C42H56Cl2F5N7O7/c1-22(2)15-29-38(61)54(5)33(17-24-16-25(43)10-11-28(24)44)39(62)55-20-26(45)18-31(55)34(57)50-14-7-6-9-30(35(58)52-29)53(4)37(60)23(3)51-36(59)32-19-27(46)21-56(32)40(63)41(12-8-13-41)42(47,48)49/h10-11,16,22-23,26-27,29-33H,6-9,12-15,17-21H2,1-5H3,(H,50,57)(H,51,59)(H,52,58)/t23-,26+,27+,29-,30-,31+,32-,33-/m0/s1. The first-order valence-electron chi connectivity index (χ1n) is 21.3. The third-order valence-corrected chi connectivity index (χ3v) is 13.3. The van der Waals surface area contributed by atoms with Gasteiger partial charge in [0, 0.05) is 49.9 Å². The molecule has 14 nitrogen and oxygen atoms in total. The van der Waals surface area contributed by atoms with Gasteiger partial charge in [0.1, 0.15) is 54.0 Å². The number of likely N-dealkylation sites (N-methyl/N-ethyl adjacent to an activating group) is 2. The maximum Gasteiger partial charge on any atom is 0.403 e. The second-order valence-corrected chi connectivity index (χ2v) is 18.5. The molecule has 3 aliphatic heterocycles. The van der Waals surface area contributed by atoms with Gasteiger partial charge in [0.25, 0.3) is 0 Å². The van der Waals surface area contributed by atoms with E-state index in [4.69, 9.17) is 23.2 Å². The number of nitrogens with one attached hydrogen (secondary N) is 3. The van der Waals surface area contributed by atoms with Crippen molar-refractivity contribution >= 4 is 64.6 Å². The molecule has 0 bridgehead atoms. The number of likely N-dealkylation sites (tertiary alicyclic amines) is 1. The predicted octanol–water partition coefficient (Wildman–Crippen LogP) is 4.14. The van der Waals surface area contributed by atoms with Crippen molar-refractivity contribution in [2.75, 3.05) is 33.7 Å². The van der Waals surface area contributed by atoms with E-state index >= 15 is 4.39 Å². The molecular formula is C42H56Cl2F5N7O7. The van der Waals surface area contributed by atoms with Crippen molar-refractivity contribution in [3.05, 3.63) is 33.8 Å². The number of amides is 7. The zero-order valence-electron chi connectivity index (χ0n) is 35.9. The van der Waals surface area contributed by atoms with E-state index in [-0.39, 0.29) is 62.4 Å². The van der Waals surface area contributed by atoms with Crippen LogP contribution < -0.4 is 16.0 Å². The van der Waals surface area contributed by atoms with E-state index in [1.807, 2.05) is 0 Å². The van der Waals surface area contributed by atoms with Crippen LogP contribution in [0.1, 0.15) is 84.1 Å². The molecule has 4 aliphatic rings. The molecule has 21 heteroatoms. The largest absolute Gasteiger partial charge is 0.403 e. The second-order valence-electron chi connectivity index (χ2n) is 17.7. The van der Waals surface area contributed by atoms with Crippen LogP contribution >= 0.6 is 23.2 Å². The fourth-order valence-electron chi connectivity index (χ4n) is 8.93. The Kier molecular flexibility index (Phi) is 16.0. The molecule has 0 radical (unpaired) electrons. The van der Waals surface area contributed by atoms with Gasteiger partial charge in [-0.15, -0.1) is 0 Å². The molecule has 1 saturated carbocycles. The van der Waals surface area contributed by atoms with E-state index in [0.717, 1.165) is 14.7 Å². The van der Waals surface area contributed by atoms with Gasteiger partial charge in [0.15, 0.2) is 0 Å². The minimum Gasteiger partial charge on any atom is -0.354 e. The minimum absolute atomic E-state index is 0.00646. The molecular weight excluding hydrogens is 880 g/mol. The monoisotopic (exact) mass is 935 g/mol. The van der Waals surface area contributed by atoms with Crippen molar-refractivity contribution in [3.63, 3.8) is 0 Å². The number of nitrogens with zero attached hydrogens (tertiary/aromatic N) is 4. The van der Waals surface area contributed by atoms with Crippen molar-refractivity contribution in [1.29, 1.82) is 0 Å². The van der Waals surface area contributed by atoms with Crippen LogP contribution in [0.25, 0.3) is 0 Å². The molecule has 4 fully saturated rings. The van der Waals surface area contributed by atoms with E-state index in [9.17, 15) is 51.1 Å². The Labute approximate surface area is 373 Å². The predicted molar refractivity (Wildman–Crippen MR) is 222 cm³/mol. The molecule has 0 spiro atoms. The van der Waals surface area contributed by atoms with Crippen molar-refractivity contribution in [2.24, 2.45) is 11.3 Å². The molecule has 0 unspecified atom stereocenters. The minimum atomic E-state index is -4.91. The normalized spacial score (nSPS) is 28.0. The van der Waals surface area contributed by atoms with Crippen LogP contribution in [0.2, 0.25) is 10.0 Å². The summed E-state index contributed by atoms with van der Waals surface area (Å²) in [5.74, 6) is -6.25. The third-order valence-electron chi connectivity index (χ3n) is 12.7. The zero-order chi connectivity index (χ0) is 46.7. The average Bonchev–Trinajstić information content (AvgIpc) is 3.78. The number of carbonyl (C=O) groups is 7. The fraction of sp³-hybridized carbons (Fsp3) is 0.690. The first-order valence-corrected chi connectivity index (χ1v) is 22.0. The molecule has 1 aromatic rings. The van der Waals surface area contributed by atoms with E-state index in [1.54, 1.807) is 13.8 Å². The average molecular weight is 937 g/mol. The summed E-state index contributed by atoms with van der Waals surface area (Å²) in [5, 5.41) is 8.43. The molecule has 8 atom stereocenters. The number of rotatable bonds is 9. The zero-order valence-corrected chi connectivity index (χ0v) is 37.4. The van der Waals surface area contributed by atoms with Crippen LogP contribution in [0.15, 0.2) is 18.2 Å². The van der Waals surface area contributed by atoms with Crippen LogP contribution in [0.4, 0.5) is 22.0 Å². The van der Waals surface area contributed by atoms with E-state index in [2.05, 4.69) is 16.0 Å². The highest BCUT2D eigenvalue weighted by Gasteiger charge is 2.65. The highest BCUT2D eigenvalue weighted by Crippen LogP contribution is 2.54. The van der Waals surface area contributed by atoms with E-state index < -0.39 is 134 Å². The molecule has 3 heterocycles. The van der Waals surface area contributed by atoms with Crippen molar-refractivity contribution in [2.45, 2.75) is 140 Å². The number of benzene rings is 1. The van der Waals surface area contributed by atoms with Crippen LogP contribution in [-0.4, -0.2) is 149 Å². The van der Waals surface area contributed by atoms with Gasteiger partial charge in [-0.3, -0.25) is 33.6 Å². The molecule has 1 aromatic carbocycles. The number of alkyl halides is 5. The van der Waals surface area contributed by atoms with Crippen LogP contribution in [0, 0.1) is 11.3 Å². The molecule has 3 N–H and O–H groups in total. The molecule has 63 heavy (non-hydrogen) atoms. The van der Waals surface area contributed by atoms with Crippen LogP contribution in [0.5, 0.6) is 0 Å². The van der Waals surface area contributed by atoms with E-state index in [0.29, 0.717) is 15.5 Å². The quantitative estimate of drug-likeness (QED) is 0.313. The fourth-order valence-corrected chi connectivity index (χ4v) is 9.32. The van der Waals surface area contributed by atoms with Crippen LogP contribution in [0.3, 0.4) is 0 Å². The lowest BCUT2D eigenvalue weighted by atomic mass is 9.67. The van der Waals surface area contributed by atoms with Gasteiger partial charge in [0.05, 0.1) is 13.1 Å². The first kappa shape index (κ1) is 49.8. The summed E-state index contributed by atoms with van der Waals surface area (Å²) in [6, 6.07) is -3.52. The summed E-state index contributed by atoms with van der Waals surface area (Å²) in [4.78, 5) is 101. The van der Waals surface area contributed by atoms with Gasteiger partial charge in [-0.1, -0.05) is 43.5 Å². The Hall–Kier alpha value is -4.26. The first-order chi connectivity index (χ1) is 29.5. The van der Waals surface area contributed by atoms with Gasteiger partial charge in [-0.05, 0) is 75.1 Å². The number of halogens is 7. The molecule has 350 valence electrons. The Morgan fingerprint density at radius 2 is 1.62 bits per heavy atom. The Morgan fingerprint density at radius 1 is 0.952 bits per heavy atom.